The number of nitrogens with one attached hydrogen (secondary N) is 1. The van der Waals surface area contributed by atoms with Crippen molar-refractivity contribution in [1.82, 2.24) is 9.97 Å². The van der Waals surface area contributed by atoms with E-state index < -0.39 is 0 Å². The number of fused-ring (bicyclic) bond motifs is 1. The molecule has 1 aliphatic heterocycles. The van der Waals surface area contributed by atoms with E-state index in [2.05, 4.69) is 31.2 Å². The molecule has 0 amide bonds. The van der Waals surface area contributed by atoms with Crippen LogP contribution in [-0.4, -0.2) is 16.6 Å². The van der Waals surface area contributed by atoms with Crippen LogP contribution in [0.5, 0.6) is 0 Å². The molecule has 8 heteroatoms. The lowest BCUT2D eigenvalue weighted by Crippen LogP contribution is -2.10. The van der Waals surface area contributed by atoms with Gasteiger partial charge in [0.05, 0.1) is 33.0 Å². The summed E-state index contributed by atoms with van der Waals surface area (Å²) in [4.78, 5) is 9.90. The molecule has 5 nitrogen and oxygen atoms in total. The van der Waals surface area contributed by atoms with Gasteiger partial charge in [-0.05, 0) is 58.9 Å². The average molecular weight is 429 g/mol. The Kier molecular flexibility index (Phi) is 4.76. The second-order valence-corrected chi connectivity index (χ2v) is 7.77. The minimum atomic E-state index is 0.115. The van der Waals surface area contributed by atoms with Gasteiger partial charge < -0.3 is 14.5 Å². The molecule has 24 heavy (non-hydrogen) atoms. The Labute approximate surface area is 156 Å². The summed E-state index contributed by atoms with van der Waals surface area (Å²) in [6.07, 6.45) is 5.10. The molecule has 0 saturated carbocycles. The summed E-state index contributed by atoms with van der Waals surface area (Å²) < 4.78 is 13.2. The molecule has 126 valence electrons. The number of halogens is 2. The summed E-state index contributed by atoms with van der Waals surface area (Å²) in [5, 5.41) is 3.52. The molecule has 1 saturated heterocycles. The number of hydrogen-bond donors (Lipinski definition) is 1. The maximum Gasteiger partial charge on any atom is 0.225 e. The molecular formula is C16H15BrClN3O2S. The molecule has 1 N–H and O–H groups in total. The monoisotopic (exact) mass is 427 g/mol. The van der Waals surface area contributed by atoms with Crippen molar-refractivity contribution >= 4 is 54.9 Å². The van der Waals surface area contributed by atoms with Gasteiger partial charge in [-0.1, -0.05) is 0 Å². The fourth-order valence-electron chi connectivity index (χ4n) is 2.80. The zero-order valence-corrected chi connectivity index (χ0v) is 15.9. The van der Waals surface area contributed by atoms with Crippen LogP contribution in [0.1, 0.15) is 36.0 Å². The highest BCUT2D eigenvalue weighted by molar-refractivity contribution is 9.10. The van der Waals surface area contributed by atoms with Crippen LogP contribution in [0.4, 0.5) is 5.82 Å². The number of rotatable bonds is 4. The van der Waals surface area contributed by atoms with E-state index in [0.717, 1.165) is 44.8 Å². The van der Waals surface area contributed by atoms with Crippen LogP contribution in [0.3, 0.4) is 0 Å². The third-order valence-electron chi connectivity index (χ3n) is 3.96. The summed E-state index contributed by atoms with van der Waals surface area (Å²) in [5.74, 6) is 1.55. The lowest BCUT2D eigenvalue weighted by Gasteiger charge is -2.21. The predicted octanol–water partition coefficient (Wildman–Crippen LogP) is 5.55. The van der Waals surface area contributed by atoms with Crippen molar-refractivity contribution in [3.63, 3.8) is 0 Å². The summed E-state index contributed by atoms with van der Waals surface area (Å²) >= 11 is 11.5. The van der Waals surface area contributed by atoms with E-state index in [1.165, 1.54) is 6.42 Å². The first kappa shape index (κ1) is 16.3. The average Bonchev–Trinajstić information content (AvgIpc) is 3.22. The summed E-state index contributed by atoms with van der Waals surface area (Å²) in [5.41, 5.74) is 0.825. The van der Waals surface area contributed by atoms with Crippen molar-refractivity contribution < 1.29 is 9.15 Å². The highest BCUT2D eigenvalue weighted by Gasteiger charge is 2.25. The van der Waals surface area contributed by atoms with Crippen molar-refractivity contribution in [3.8, 4) is 0 Å². The first-order valence-corrected chi connectivity index (χ1v) is 9.74. The second-order valence-electron chi connectivity index (χ2n) is 5.59. The number of thiophene rings is 1. The third-order valence-corrected chi connectivity index (χ3v) is 6.47. The zero-order chi connectivity index (χ0) is 16.5. The number of furan rings is 1. The lowest BCUT2D eigenvalue weighted by molar-refractivity contribution is 0.0168. The van der Waals surface area contributed by atoms with Crippen LogP contribution in [0.2, 0.25) is 5.28 Å². The van der Waals surface area contributed by atoms with Crippen molar-refractivity contribution in [2.75, 3.05) is 11.9 Å². The van der Waals surface area contributed by atoms with Gasteiger partial charge in [-0.25, -0.2) is 4.98 Å². The Morgan fingerprint density at radius 2 is 2.29 bits per heavy atom. The van der Waals surface area contributed by atoms with E-state index in [-0.39, 0.29) is 11.4 Å². The van der Waals surface area contributed by atoms with Gasteiger partial charge in [-0.3, -0.25) is 0 Å². The maximum absolute atomic E-state index is 6.12. The molecule has 4 heterocycles. The first-order valence-electron chi connectivity index (χ1n) is 7.75. The van der Waals surface area contributed by atoms with Crippen LogP contribution in [-0.2, 0) is 11.3 Å². The summed E-state index contributed by atoms with van der Waals surface area (Å²) in [6, 6.07) is 3.78. The van der Waals surface area contributed by atoms with Crippen LogP contribution < -0.4 is 5.32 Å². The van der Waals surface area contributed by atoms with Crippen LogP contribution in [0.15, 0.2) is 27.3 Å². The Hall–Kier alpha value is -1.15. The molecule has 0 radical (unpaired) electrons. The molecule has 0 spiro atoms. The van der Waals surface area contributed by atoms with Gasteiger partial charge >= 0.3 is 0 Å². The SMILES string of the molecule is Clc1nc(NCc2ccco2)c2sc([C@H]3CCCCO3)c(Br)c2n1. The van der Waals surface area contributed by atoms with Gasteiger partial charge in [0, 0.05) is 6.61 Å². The van der Waals surface area contributed by atoms with Crippen molar-refractivity contribution in [3.05, 3.63) is 38.8 Å². The Bertz CT molecular complexity index is 847. The minimum absolute atomic E-state index is 0.115. The molecular weight excluding hydrogens is 414 g/mol. The van der Waals surface area contributed by atoms with E-state index in [1.807, 2.05) is 12.1 Å². The Balaban J connectivity index is 1.70. The standard InChI is InChI=1S/C16H15BrClN3O2S/c17-11-12-14(24-13(11)10-5-1-2-6-23-10)15(21-16(18)20-12)19-8-9-4-3-7-22-9/h3-4,7,10H,1-2,5-6,8H2,(H,19,20,21)/t10-/m1/s1. The van der Waals surface area contributed by atoms with Crippen LogP contribution >= 0.6 is 38.9 Å². The summed E-state index contributed by atoms with van der Waals surface area (Å²) in [6.45, 7) is 1.35. The molecule has 4 rings (SSSR count). The van der Waals surface area contributed by atoms with E-state index in [9.17, 15) is 0 Å². The highest BCUT2D eigenvalue weighted by Crippen LogP contribution is 2.44. The van der Waals surface area contributed by atoms with E-state index in [0.29, 0.717) is 12.4 Å². The lowest BCUT2D eigenvalue weighted by atomic mass is 10.1. The number of nitrogens with zero attached hydrogens (tertiary/aromatic N) is 2. The smallest absolute Gasteiger partial charge is 0.225 e. The zero-order valence-electron chi connectivity index (χ0n) is 12.7. The molecule has 0 aliphatic carbocycles. The van der Waals surface area contributed by atoms with E-state index >= 15 is 0 Å². The molecule has 1 fully saturated rings. The molecule has 3 aromatic heterocycles. The number of aromatic nitrogens is 2. The van der Waals surface area contributed by atoms with Crippen molar-refractivity contribution in [1.29, 1.82) is 0 Å². The van der Waals surface area contributed by atoms with Crippen LogP contribution in [0, 0.1) is 0 Å². The Morgan fingerprint density at radius 3 is 3.04 bits per heavy atom. The quantitative estimate of drug-likeness (QED) is 0.552. The summed E-state index contributed by atoms with van der Waals surface area (Å²) in [7, 11) is 0. The van der Waals surface area contributed by atoms with Gasteiger partial charge in [0.15, 0.2) is 0 Å². The van der Waals surface area contributed by atoms with Gasteiger partial charge in [-0.15, -0.1) is 11.3 Å². The molecule has 1 aliphatic rings. The van der Waals surface area contributed by atoms with E-state index in [1.54, 1.807) is 17.6 Å². The minimum Gasteiger partial charge on any atom is -0.467 e. The third kappa shape index (κ3) is 3.18. The maximum atomic E-state index is 6.12. The molecule has 1 atom stereocenters. The van der Waals surface area contributed by atoms with Gasteiger partial charge in [0.1, 0.15) is 17.1 Å². The fraction of sp³-hybridized carbons (Fsp3) is 0.375. The first-order chi connectivity index (χ1) is 11.7. The molecule has 0 aromatic carbocycles. The van der Waals surface area contributed by atoms with Crippen molar-refractivity contribution in [2.45, 2.75) is 31.9 Å². The van der Waals surface area contributed by atoms with Gasteiger partial charge in [0.25, 0.3) is 0 Å². The van der Waals surface area contributed by atoms with Crippen LogP contribution in [0.25, 0.3) is 10.2 Å². The number of anilines is 1. The molecule has 0 bridgehead atoms. The molecule has 3 aromatic rings. The normalized spacial score (nSPS) is 18.2. The van der Waals surface area contributed by atoms with Gasteiger partial charge in [-0.2, -0.15) is 4.98 Å². The topological polar surface area (TPSA) is 60.2 Å². The highest BCUT2D eigenvalue weighted by atomic mass is 79.9. The number of hydrogen-bond acceptors (Lipinski definition) is 6. The second kappa shape index (κ2) is 7.00. The van der Waals surface area contributed by atoms with Crippen molar-refractivity contribution in [2.24, 2.45) is 0 Å². The Morgan fingerprint density at radius 1 is 1.38 bits per heavy atom. The van der Waals surface area contributed by atoms with Gasteiger partial charge in [0.2, 0.25) is 5.28 Å². The fourth-order valence-corrected chi connectivity index (χ4v) is 5.07. The predicted molar refractivity (Wildman–Crippen MR) is 98.7 cm³/mol. The number of ether oxygens (including phenoxy) is 1. The van der Waals surface area contributed by atoms with E-state index in [4.69, 9.17) is 20.8 Å². The molecule has 0 unspecified atom stereocenters. The largest absolute Gasteiger partial charge is 0.467 e.